The molecule has 1 atom stereocenters. The van der Waals surface area contributed by atoms with Crippen LogP contribution in [-0.2, 0) is 6.42 Å². The molecule has 0 saturated carbocycles. The quantitative estimate of drug-likeness (QED) is 0.770. The van der Waals surface area contributed by atoms with Gasteiger partial charge in [0.2, 0.25) is 5.91 Å². The minimum Gasteiger partial charge on any atom is -0.387 e. The highest BCUT2D eigenvalue weighted by molar-refractivity contribution is 5.92. The number of benzene rings is 2. The second-order valence-electron chi connectivity index (χ2n) is 5.85. The van der Waals surface area contributed by atoms with Gasteiger partial charge in [0.25, 0.3) is 0 Å². The van der Waals surface area contributed by atoms with E-state index in [4.69, 9.17) is 5.73 Å². The normalized spacial score (nSPS) is 11.8. The van der Waals surface area contributed by atoms with E-state index in [1.54, 1.807) is 12.1 Å². The maximum Gasteiger partial charge on any atom is 0.248 e. The van der Waals surface area contributed by atoms with Gasteiger partial charge < -0.3 is 15.7 Å². The Morgan fingerprint density at radius 3 is 2.33 bits per heavy atom. The van der Waals surface area contributed by atoms with Gasteiger partial charge in [-0.1, -0.05) is 42.5 Å². The topological polar surface area (TPSA) is 66.6 Å². The van der Waals surface area contributed by atoms with E-state index in [-0.39, 0.29) is 12.4 Å². The summed E-state index contributed by atoms with van der Waals surface area (Å²) >= 11 is 0. The lowest BCUT2D eigenvalue weighted by Crippen LogP contribution is -2.26. The minimum atomic E-state index is -0.462. The number of aryl methyl sites for hydroxylation is 1. The number of aliphatic hydroxyl groups is 1. The van der Waals surface area contributed by atoms with Gasteiger partial charge >= 0.3 is 0 Å². The van der Waals surface area contributed by atoms with Crippen molar-refractivity contribution in [2.24, 2.45) is 5.73 Å². The third-order valence-electron chi connectivity index (χ3n) is 3.91. The van der Waals surface area contributed by atoms with E-state index in [2.05, 4.69) is 4.90 Å². The molecule has 4 nitrogen and oxygen atoms in total. The lowest BCUT2D eigenvalue weighted by molar-refractivity contribution is 0.1000. The van der Waals surface area contributed by atoms with Crippen LogP contribution in [0.25, 0.3) is 0 Å². The largest absolute Gasteiger partial charge is 0.387 e. The molecule has 0 bridgehead atoms. The molecule has 2 aromatic carbocycles. The number of rotatable bonds is 8. The zero-order chi connectivity index (χ0) is 16.7. The van der Waals surface area contributed by atoms with Crippen LogP contribution in [-0.4, -0.2) is 36.1 Å². The highest BCUT2D eigenvalue weighted by Crippen LogP contribution is 2.13. The van der Waals surface area contributed by atoms with Crippen LogP contribution < -0.4 is 5.73 Å². The fourth-order valence-electron chi connectivity index (χ4n) is 2.56. The minimum absolute atomic E-state index is 0. The van der Waals surface area contributed by atoms with Crippen LogP contribution in [0, 0.1) is 0 Å². The number of nitrogens with zero attached hydrogens (tertiary/aromatic N) is 1. The van der Waals surface area contributed by atoms with E-state index in [9.17, 15) is 9.90 Å². The Labute approximate surface area is 149 Å². The Hall–Kier alpha value is -1.88. The molecule has 0 fully saturated rings. The van der Waals surface area contributed by atoms with Crippen LogP contribution in [0.1, 0.15) is 34.0 Å². The lowest BCUT2D eigenvalue weighted by atomic mass is 10.1. The summed E-state index contributed by atoms with van der Waals surface area (Å²) in [7, 11) is 2.02. The van der Waals surface area contributed by atoms with Crippen molar-refractivity contribution in [2.45, 2.75) is 18.9 Å². The molecule has 3 N–H and O–H groups in total. The summed E-state index contributed by atoms with van der Waals surface area (Å²) in [5.41, 5.74) is 7.90. The number of carbonyl (C=O) groups is 1. The predicted octanol–water partition coefficient (Wildman–Crippen LogP) is 2.81. The molecule has 0 spiro atoms. The van der Waals surface area contributed by atoms with Gasteiger partial charge in [0.15, 0.2) is 0 Å². The van der Waals surface area contributed by atoms with Gasteiger partial charge in [0.1, 0.15) is 0 Å². The average Bonchev–Trinajstić information content (AvgIpc) is 2.56. The molecule has 5 heteroatoms. The van der Waals surface area contributed by atoms with Gasteiger partial charge in [-0.05, 0) is 49.7 Å². The van der Waals surface area contributed by atoms with Crippen LogP contribution in [0.5, 0.6) is 0 Å². The molecule has 2 rings (SSSR count). The number of hydrogen-bond donors (Lipinski definition) is 2. The molecule has 0 aliphatic heterocycles. The van der Waals surface area contributed by atoms with Crippen molar-refractivity contribution in [2.75, 3.05) is 20.1 Å². The third kappa shape index (κ3) is 6.32. The number of halogens is 1. The van der Waals surface area contributed by atoms with Gasteiger partial charge in [0.05, 0.1) is 6.10 Å². The smallest absolute Gasteiger partial charge is 0.248 e. The van der Waals surface area contributed by atoms with E-state index >= 15 is 0 Å². The molecule has 0 unspecified atom stereocenters. The van der Waals surface area contributed by atoms with E-state index in [1.165, 1.54) is 5.56 Å². The van der Waals surface area contributed by atoms with Gasteiger partial charge in [0, 0.05) is 12.1 Å². The van der Waals surface area contributed by atoms with Gasteiger partial charge in [-0.25, -0.2) is 0 Å². The molecular weight excluding hydrogens is 324 g/mol. The van der Waals surface area contributed by atoms with Crippen molar-refractivity contribution in [3.63, 3.8) is 0 Å². The Morgan fingerprint density at radius 2 is 1.75 bits per heavy atom. The fourth-order valence-corrected chi connectivity index (χ4v) is 2.56. The van der Waals surface area contributed by atoms with Crippen LogP contribution in [0.2, 0.25) is 0 Å². The van der Waals surface area contributed by atoms with Gasteiger partial charge in [-0.15, -0.1) is 12.4 Å². The Kier molecular flexibility index (Phi) is 8.47. The van der Waals surface area contributed by atoms with E-state index in [1.807, 2.05) is 49.5 Å². The van der Waals surface area contributed by atoms with Crippen LogP contribution in [0.15, 0.2) is 54.6 Å². The average molecular weight is 349 g/mol. The van der Waals surface area contributed by atoms with E-state index in [0.717, 1.165) is 24.9 Å². The van der Waals surface area contributed by atoms with Gasteiger partial charge in [-0.2, -0.15) is 0 Å². The maximum atomic E-state index is 11.0. The first-order valence-electron chi connectivity index (χ1n) is 7.86. The molecule has 0 aliphatic carbocycles. The highest BCUT2D eigenvalue weighted by Gasteiger charge is 2.10. The third-order valence-corrected chi connectivity index (χ3v) is 3.91. The van der Waals surface area contributed by atoms with Crippen LogP contribution in [0.4, 0.5) is 0 Å². The second kappa shape index (κ2) is 10.1. The van der Waals surface area contributed by atoms with Crippen molar-refractivity contribution >= 4 is 18.3 Å². The Morgan fingerprint density at radius 1 is 1.12 bits per heavy atom. The summed E-state index contributed by atoms with van der Waals surface area (Å²) < 4.78 is 0. The summed E-state index contributed by atoms with van der Waals surface area (Å²) in [5, 5.41) is 10.2. The molecule has 24 heavy (non-hydrogen) atoms. The number of nitrogens with two attached hydrogens (primary N) is 1. The highest BCUT2D eigenvalue weighted by atomic mass is 35.5. The van der Waals surface area contributed by atoms with Crippen molar-refractivity contribution in [3.8, 4) is 0 Å². The molecule has 0 radical (unpaired) electrons. The monoisotopic (exact) mass is 348 g/mol. The number of amides is 1. The van der Waals surface area contributed by atoms with Crippen molar-refractivity contribution in [3.05, 3.63) is 71.3 Å². The number of hydrogen-bond acceptors (Lipinski definition) is 3. The van der Waals surface area contributed by atoms with Crippen molar-refractivity contribution in [1.82, 2.24) is 4.90 Å². The first-order valence-corrected chi connectivity index (χ1v) is 7.86. The number of likely N-dealkylation sites (N-methyl/N-ethyl adjacent to an activating group) is 1. The zero-order valence-electron chi connectivity index (χ0n) is 13.9. The fraction of sp³-hybridized carbons (Fsp3) is 0.316. The van der Waals surface area contributed by atoms with E-state index in [0.29, 0.717) is 12.1 Å². The Balaban J connectivity index is 0.00000288. The SMILES string of the molecule is CN(CCCc1ccc(C(N)=O)cc1)C[C@H](O)c1ccccc1.Cl. The second-order valence-corrected chi connectivity index (χ2v) is 5.85. The number of carbonyl (C=O) groups excluding carboxylic acids is 1. The van der Waals surface area contributed by atoms with E-state index < -0.39 is 12.0 Å². The molecule has 0 heterocycles. The summed E-state index contributed by atoms with van der Waals surface area (Å²) in [4.78, 5) is 13.2. The van der Waals surface area contributed by atoms with Crippen LogP contribution in [0.3, 0.4) is 0 Å². The van der Waals surface area contributed by atoms with Crippen molar-refractivity contribution in [1.29, 1.82) is 0 Å². The summed E-state index contributed by atoms with van der Waals surface area (Å²) in [6, 6.07) is 17.1. The van der Waals surface area contributed by atoms with Crippen molar-refractivity contribution < 1.29 is 9.90 Å². The molecule has 130 valence electrons. The zero-order valence-corrected chi connectivity index (χ0v) is 14.7. The van der Waals surface area contributed by atoms with Gasteiger partial charge in [-0.3, -0.25) is 4.79 Å². The molecule has 2 aromatic rings. The summed E-state index contributed by atoms with van der Waals surface area (Å²) in [6.45, 7) is 1.52. The summed E-state index contributed by atoms with van der Waals surface area (Å²) in [5.74, 6) is -0.397. The lowest BCUT2D eigenvalue weighted by Gasteiger charge is -2.20. The molecule has 1 amide bonds. The first kappa shape index (κ1) is 20.2. The number of aliphatic hydroxyl groups excluding tert-OH is 1. The standard InChI is InChI=1S/C19H24N2O2.ClH/c1-21(14-18(22)16-7-3-2-4-8-16)13-5-6-15-9-11-17(12-10-15)19(20)23;/h2-4,7-12,18,22H,5-6,13-14H2,1H3,(H2,20,23);1H/t18-;/m0./s1. The first-order chi connectivity index (χ1) is 11.1. The predicted molar refractivity (Wildman–Crippen MR) is 99.4 cm³/mol. The molecular formula is C19H25ClN2O2. The van der Waals surface area contributed by atoms with Crippen LogP contribution >= 0.6 is 12.4 Å². The number of primary amides is 1. The maximum absolute atomic E-state index is 11.0. The summed E-state index contributed by atoms with van der Waals surface area (Å²) in [6.07, 6.45) is 1.47. The molecule has 0 aliphatic rings. The molecule has 0 aromatic heterocycles. The Bertz CT molecular complexity index is 617. The molecule has 0 saturated heterocycles.